The van der Waals surface area contributed by atoms with Gasteiger partial charge in [-0.25, -0.2) is 0 Å². The van der Waals surface area contributed by atoms with Crippen LogP contribution in [0.5, 0.6) is 0 Å². The molecule has 1 fully saturated rings. The number of carbonyl (C=O) groups is 1. The maximum absolute atomic E-state index is 12.1. The van der Waals surface area contributed by atoms with E-state index in [0.29, 0.717) is 17.2 Å². The Balaban J connectivity index is 2.11. The third-order valence-corrected chi connectivity index (χ3v) is 3.79. The van der Waals surface area contributed by atoms with Gasteiger partial charge in [0.15, 0.2) is 0 Å². The maximum atomic E-state index is 12.1. The summed E-state index contributed by atoms with van der Waals surface area (Å²) in [7, 11) is 0. The van der Waals surface area contributed by atoms with Crippen LogP contribution in [0.3, 0.4) is 0 Å². The van der Waals surface area contributed by atoms with Gasteiger partial charge in [-0.05, 0) is 37.2 Å². The maximum Gasteiger partial charge on any atom is 0.227 e. The van der Waals surface area contributed by atoms with Gasteiger partial charge in [0, 0.05) is 10.4 Å². The van der Waals surface area contributed by atoms with Crippen LogP contribution in [0.15, 0.2) is 22.7 Å². The van der Waals surface area contributed by atoms with Crippen LogP contribution in [0.25, 0.3) is 0 Å². The second-order valence-corrected chi connectivity index (χ2v) is 5.41. The van der Waals surface area contributed by atoms with Gasteiger partial charge in [-0.1, -0.05) is 22.9 Å². The quantitative estimate of drug-likeness (QED) is 0.899. The molecule has 2 N–H and O–H groups in total. The lowest BCUT2D eigenvalue weighted by molar-refractivity contribution is -0.121. The lowest BCUT2D eigenvalue weighted by atomic mass is 9.88. The number of hydrogen-bond donors (Lipinski definition) is 2. The van der Waals surface area contributed by atoms with E-state index in [2.05, 4.69) is 32.6 Å². The van der Waals surface area contributed by atoms with Crippen molar-refractivity contribution in [2.75, 3.05) is 18.4 Å². The first kappa shape index (κ1) is 13.1. The van der Waals surface area contributed by atoms with Crippen molar-refractivity contribution < 1.29 is 4.79 Å². The summed E-state index contributed by atoms with van der Waals surface area (Å²) >= 11 is 3.34. The van der Waals surface area contributed by atoms with E-state index in [-0.39, 0.29) is 11.8 Å². The zero-order valence-electron chi connectivity index (χ0n) is 10.0. The number of carbonyl (C=O) groups excluding carboxylic acids is 1. The number of anilines is 1. The molecule has 2 rings (SSSR count). The van der Waals surface area contributed by atoms with Crippen LogP contribution in [0.1, 0.15) is 12.5 Å². The Labute approximate surface area is 115 Å². The van der Waals surface area contributed by atoms with E-state index in [9.17, 15) is 4.79 Å². The Hall–Kier alpha value is -1.38. The molecule has 1 saturated heterocycles. The fourth-order valence-corrected chi connectivity index (χ4v) is 2.20. The number of hydrogen-bond acceptors (Lipinski definition) is 3. The first-order chi connectivity index (χ1) is 8.61. The molecule has 0 radical (unpaired) electrons. The van der Waals surface area contributed by atoms with Gasteiger partial charge >= 0.3 is 0 Å². The normalized spacial score (nSPS) is 16.5. The van der Waals surface area contributed by atoms with Crippen LogP contribution >= 0.6 is 15.9 Å². The average Bonchev–Trinajstić information content (AvgIpc) is 2.27. The molecule has 1 aromatic carbocycles. The molecule has 0 aromatic heterocycles. The highest BCUT2D eigenvalue weighted by molar-refractivity contribution is 9.10. The molecule has 0 spiro atoms. The molecule has 1 unspecified atom stereocenters. The highest BCUT2D eigenvalue weighted by atomic mass is 79.9. The van der Waals surface area contributed by atoms with Gasteiger partial charge in [-0.2, -0.15) is 5.26 Å². The van der Waals surface area contributed by atoms with Crippen LogP contribution in [-0.2, 0) is 4.79 Å². The van der Waals surface area contributed by atoms with Gasteiger partial charge in [0.2, 0.25) is 5.91 Å². The fraction of sp³-hybridized carbons (Fsp3) is 0.385. The molecule has 0 bridgehead atoms. The Kier molecular flexibility index (Phi) is 4.00. The Morgan fingerprint density at radius 1 is 1.61 bits per heavy atom. The minimum absolute atomic E-state index is 0.0314. The second kappa shape index (κ2) is 5.51. The van der Waals surface area contributed by atoms with Gasteiger partial charge in [0.1, 0.15) is 6.07 Å². The number of benzene rings is 1. The molecule has 1 atom stereocenters. The van der Waals surface area contributed by atoms with Crippen molar-refractivity contribution in [3.63, 3.8) is 0 Å². The van der Waals surface area contributed by atoms with Crippen LogP contribution in [0.4, 0.5) is 5.69 Å². The summed E-state index contributed by atoms with van der Waals surface area (Å²) in [5.74, 6) is 0.315. The summed E-state index contributed by atoms with van der Waals surface area (Å²) in [6, 6.07) is 7.30. The Bertz CT molecular complexity index is 505. The van der Waals surface area contributed by atoms with Crippen molar-refractivity contribution >= 4 is 27.5 Å². The standard InChI is InChI=1S/C13H14BrN3O/c1-8(10-6-16-7-10)13(18)17-12-4-11(14)3-2-9(12)5-15/h2-4,8,10,16H,6-7H2,1H3,(H,17,18). The molecule has 1 amide bonds. The monoisotopic (exact) mass is 307 g/mol. The van der Waals surface area contributed by atoms with E-state index in [4.69, 9.17) is 5.26 Å². The molecule has 4 nitrogen and oxygen atoms in total. The van der Waals surface area contributed by atoms with Crippen molar-refractivity contribution in [1.29, 1.82) is 5.26 Å². The highest BCUT2D eigenvalue weighted by Crippen LogP contribution is 2.23. The van der Waals surface area contributed by atoms with Gasteiger partial charge in [0.25, 0.3) is 0 Å². The van der Waals surface area contributed by atoms with Crippen LogP contribution < -0.4 is 10.6 Å². The zero-order chi connectivity index (χ0) is 13.1. The van der Waals surface area contributed by atoms with E-state index < -0.39 is 0 Å². The predicted octanol–water partition coefficient (Wildman–Crippen LogP) is 2.11. The number of rotatable bonds is 3. The molecule has 94 valence electrons. The summed E-state index contributed by atoms with van der Waals surface area (Å²) in [4.78, 5) is 12.1. The number of nitrogens with zero attached hydrogens (tertiary/aromatic N) is 1. The van der Waals surface area contributed by atoms with Crippen molar-refractivity contribution in [2.24, 2.45) is 11.8 Å². The van der Waals surface area contributed by atoms with Crippen molar-refractivity contribution in [3.05, 3.63) is 28.2 Å². The third-order valence-electron chi connectivity index (χ3n) is 3.29. The molecule has 0 saturated carbocycles. The minimum atomic E-state index is -0.0447. The Morgan fingerprint density at radius 3 is 2.89 bits per heavy atom. The molecule has 1 aromatic rings. The molecule has 18 heavy (non-hydrogen) atoms. The van der Waals surface area contributed by atoms with Gasteiger partial charge in [-0.15, -0.1) is 0 Å². The van der Waals surface area contributed by atoms with Gasteiger partial charge in [-0.3, -0.25) is 4.79 Å². The Morgan fingerprint density at radius 2 is 2.33 bits per heavy atom. The smallest absolute Gasteiger partial charge is 0.227 e. The van der Waals surface area contributed by atoms with E-state index in [1.54, 1.807) is 18.2 Å². The summed E-state index contributed by atoms with van der Waals surface area (Å²) in [6.45, 7) is 3.70. The molecule has 1 aliphatic heterocycles. The minimum Gasteiger partial charge on any atom is -0.325 e. The van der Waals surface area contributed by atoms with E-state index >= 15 is 0 Å². The van der Waals surface area contributed by atoms with Gasteiger partial charge < -0.3 is 10.6 Å². The first-order valence-electron chi connectivity index (χ1n) is 5.83. The summed E-state index contributed by atoms with van der Waals surface area (Å²) in [6.07, 6.45) is 0. The van der Waals surface area contributed by atoms with E-state index in [1.807, 2.05) is 6.92 Å². The van der Waals surface area contributed by atoms with Crippen molar-refractivity contribution in [1.82, 2.24) is 5.32 Å². The summed E-state index contributed by atoms with van der Waals surface area (Å²) in [5.41, 5.74) is 1.04. The van der Waals surface area contributed by atoms with Crippen molar-refractivity contribution in [3.8, 4) is 6.07 Å². The number of halogens is 1. The molecular formula is C13H14BrN3O. The van der Waals surface area contributed by atoms with E-state index in [0.717, 1.165) is 17.6 Å². The molecule has 5 heteroatoms. The lowest BCUT2D eigenvalue weighted by Crippen LogP contribution is -2.48. The largest absolute Gasteiger partial charge is 0.325 e. The third kappa shape index (κ3) is 2.71. The first-order valence-corrected chi connectivity index (χ1v) is 6.62. The van der Waals surface area contributed by atoms with E-state index in [1.165, 1.54) is 0 Å². The van der Waals surface area contributed by atoms with Crippen LogP contribution in [-0.4, -0.2) is 19.0 Å². The SMILES string of the molecule is CC(C(=O)Nc1cc(Br)ccc1C#N)C1CNC1. The topological polar surface area (TPSA) is 64.9 Å². The predicted molar refractivity (Wildman–Crippen MR) is 73.0 cm³/mol. The van der Waals surface area contributed by atoms with Crippen LogP contribution in [0.2, 0.25) is 0 Å². The van der Waals surface area contributed by atoms with Gasteiger partial charge in [0.05, 0.1) is 11.3 Å². The highest BCUT2D eigenvalue weighted by Gasteiger charge is 2.28. The summed E-state index contributed by atoms with van der Waals surface area (Å²) < 4.78 is 0.842. The molecule has 0 aliphatic carbocycles. The molecular weight excluding hydrogens is 294 g/mol. The number of nitrogens with one attached hydrogen (secondary N) is 2. The number of amides is 1. The average molecular weight is 308 g/mol. The fourth-order valence-electron chi connectivity index (χ4n) is 1.84. The van der Waals surface area contributed by atoms with Crippen molar-refractivity contribution in [2.45, 2.75) is 6.92 Å². The zero-order valence-corrected chi connectivity index (χ0v) is 11.6. The summed E-state index contributed by atoms with van der Waals surface area (Å²) in [5, 5.41) is 15.0. The second-order valence-electron chi connectivity index (χ2n) is 4.50. The molecule has 1 heterocycles. The lowest BCUT2D eigenvalue weighted by Gasteiger charge is -2.31. The van der Waals surface area contributed by atoms with Crippen LogP contribution in [0, 0.1) is 23.2 Å². The number of nitriles is 1. The molecule has 1 aliphatic rings.